The molecular weight excluding hydrogens is 256 g/mol. The van der Waals surface area contributed by atoms with Crippen molar-refractivity contribution in [3.63, 3.8) is 0 Å². The fourth-order valence-corrected chi connectivity index (χ4v) is 2.78. The zero-order valence-corrected chi connectivity index (χ0v) is 11.2. The predicted molar refractivity (Wildman–Crippen MR) is 76.4 cm³/mol. The van der Waals surface area contributed by atoms with Crippen molar-refractivity contribution in [3.8, 4) is 11.1 Å². The van der Waals surface area contributed by atoms with Gasteiger partial charge in [0.05, 0.1) is 0 Å². The molecule has 1 saturated heterocycles. The summed E-state index contributed by atoms with van der Waals surface area (Å²) in [4.78, 5) is 0. The van der Waals surface area contributed by atoms with Crippen LogP contribution in [0.1, 0.15) is 30.9 Å². The smallest absolute Gasteiger partial charge is 0.131 e. The molecule has 1 atom stereocenters. The summed E-state index contributed by atoms with van der Waals surface area (Å²) >= 11 is 0. The van der Waals surface area contributed by atoms with Gasteiger partial charge in [0.25, 0.3) is 0 Å². The van der Waals surface area contributed by atoms with Crippen LogP contribution in [0.4, 0.5) is 8.78 Å². The van der Waals surface area contributed by atoms with Crippen LogP contribution in [0.5, 0.6) is 0 Å². The summed E-state index contributed by atoms with van der Waals surface area (Å²) in [5.41, 5.74) is 1.69. The fourth-order valence-electron chi connectivity index (χ4n) is 2.78. The molecule has 2 aromatic carbocycles. The Morgan fingerprint density at radius 1 is 0.900 bits per heavy atom. The number of rotatable bonds is 2. The molecule has 2 aromatic rings. The van der Waals surface area contributed by atoms with Crippen molar-refractivity contribution in [1.82, 2.24) is 5.32 Å². The summed E-state index contributed by atoms with van der Waals surface area (Å²) in [6, 6.07) is 11.6. The third kappa shape index (κ3) is 2.59. The van der Waals surface area contributed by atoms with E-state index in [9.17, 15) is 8.78 Å². The lowest BCUT2D eigenvalue weighted by Gasteiger charge is -2.24. The maximum Gasteiger partial charge on any atom is 0.131 e. The molecule has 3 heteroatoms. The van der Waals surface area contributed by atoms with Crippen LogP contribution in [-0.4, -0.2) is 6.54 Å². The Kier molecular flexibility index (Phi) is 3.79. The molecule has 1 fully saturated rings. The van der Waals surface area contributed by atoms with Gasteiger partial charge in [0, 0.05) is 17.2 Å². The molecule has 1 unspecified atom stereocenters. The summed E-state index contributed by atoms with van der Waals surface area (Å²) in [5, 5.41) is 3.43. The molecule has 3 rings (SSSR count). The van der Waals surface area contributed by atoms with Gasteiger partial charge in [-0.25, -0.2) is 8.78 Å². The lowest BCUT2D eigenvalue weighted by molar-refractivity contribution is 0.412. The second kappa shape index (κ2) is 5.71. The van der Waals surface area contributed by atoms with Crippen LogP contribution in [0.3, 0.4) is 0 Å². The standard InChI is InChI=1S/C17H17F2N/c18-15-6-2-1-5-13(15)14-11-12(8-9-16(14)19)17-7-3-4-10-20-17/h1-2,5-6,8-9,11,17,20H,3-4,7,10H2. The van der Waals surface area contributed by atoms with E-state index < -0.39 is 0 Å². The number of benzene rings is 2. The van der Waals surface area contributed by atoms with Crippen molar-refractivity contribution in [3.05, 3.63) is 59.7 Å². The SMILES string of the molecule is Fc1ccccc1-c1cc(C2CCCCN2)ccc1F. The lowest BCUT2D eigenvalue weighted by Crippen LogP contribution is -2.26. The van der Waals surface area contributed by atoms with Gasteiger partial charge in [0.2, 0.25) is 0 Å². The van der Waals surface area contributed by atoms with Crippen LogP contribution in [0.15, 0.2) is 42.5 Å². The van der Waals surface area contributed by atoms with E-state index in [1.165, 1.54) is 25.0 Å². The molecule has 1 nitrogen and oxygen atoms in total. The number of halogens is 2. The molecule has 1 aliphatic heterocycles. The van der Waals surface area contributed by atoms with Gasteiger partial charge < -0.3 is 5.32 Å². The highest BCUT2D eigenvalue weighted by Gasteiger charge is 2.17. The average Bonchev–Trinajstić information content (AvgIpc) is 2.49. The van der Waals surface area contributed by atoms with Gasteiger partial charge >= 0.3 is 0 Å². The monoisotopic (exact) mass is 273 g/mol. The van der Waals surface area contributed by atoms with E-state index in [-0.39, 0.29) is 17.7 Å². The van der Waals surface area contributed by atoms with Gasteiger partial charge in [-0.3, -0.25) is 0 Å². The van der Waals surface area contributed by atoms with E-state index in [4.69, 9.17) is 0 Å². The Hall–Kier alpha value is -1.74. The molecule has 0 bridgehead atoms. The van der Waals surface area contributed by atoms with Gasteiger partial charge in [-0.05, 0) is 43.1 Å². The summed E-state index contributed by atoms with van der Waals surface area (Å²) in [5.74, 6) is -0.769. The molecule has 0 spiro atoms. The quantitative estimate of drug-likeness (QED) is 0.852. The Morgan fingerprint density at radius 2 is 1.70 bits per heavy atom. The summed E-state index contributed by atoms with van der Waals surface area (Å²) in [6.07, 6.45) is 3.39. The van der Waals surface area contributed by atoms with Gasteiger partial charge in [-0.15, -0.1) is 0 Å². The van der Waals surface area contributed by atoms with Crippen molar-refractivity contribution in [2.75, 3.05) is 6.54 Å². The summed E-state index contributed by atoms with van der Waals surface area (Å²) < 4.78 is 27.9. The number of hydrogen-bond acceptors (Lipinski definition) is 1. The van der Waals surface area contributed by atoms with E-state index in [2.05, 4.69) is 5.32 Å². The molecular formula is C17H17F2N. The third-order valence-corrected chi connectivity index (χ3v) is 3.87. The third-order valence-electron chi connectivity index (χ3n) is 3.87. The minimum absolute atomic E-state index is 0.245. The van der Waals surface area contributed by atoms with Crippen molar-refractivity contribution in [1.29, 1.82) is 0 Å². The highest BCUT2D eigenvalue weighted by atomic mass is 19.1. The molecule has 1 heterocycles. The second-order valence-corrected chi connectivity index (χ2v) is 5.22. The van der Waals surface area contributed by atoms with E-state index in [1.54, 1.807) is 30.3 Å². The molecule has 1 aliphatic rings. The van der Waals surface area contributed by atoms with Crippen LogP contribution in [0.25, 0.3) is 11.1 Å². The lowest BCUT2D eigenvalue weighted by atomic mass is 9.94. The molecule has 0 aromatic heterocycles. The van der Waals surface area contributed by atoms with Gasteiger partial charge in [-0.1, -0.05) is 30.7 Å². The zero-order valence-electron chi connectivity index (χ0n) is 11.2. The van der Waals surface area contributed by atoms with Crippen molar-refractivity contribution >= 4 is 0 Å². The topological polar surface area (TPSA) is 12.0 Å². The van der Waals surface area contributed by atoms with Crippen molar-refractivity contribution < 1.29 is 8.78 Å². The van der Waals surface area contributed by atoms with Gasteiger partial charge in [0.15, 0.2) is 0 Å². The molecule has 0 amide bonds. The highest BCUT2D eigenvalue weighted by Crippen LogP contribution is 2.30. The maximum absolute atomic E-state index is 14.0. The molecule has 20 heavy (non-hydrogen) atoms. The van der Waals surface area contributed by atoms with E-state index in [0.717, 1.165) is 18.5 Å². The Balaban J connectivity index is 2.00. The minimum Gasteiger partial charge on any atom is -0.310 e. The van der Waals surface area contributed by atoms with E-state index in [0.29, 0.717) is 11.1 Å². The number of piperidine rings is 1. The summed E-state index contributed by atoms with van der Waals surface area (Å²) in [7, 11) is 0. The maximum atomic E-state index is 14.0. The molecule has 104 valence electrons. The first kappa shape index (κ1) is 13.3. The van der Waals surface area contributed by atoms with E-state index in [1.807, 2.05) is 0 Å². The molecule has 0 radical (unpaired) electrons. The minimum atomic E-state index is -0.389. The van der Waals surface area contributed by atoms with Gasteiger partial charge in [0.1, 0.15) is 11.6 Å². The van der Waals surface area contributed by atoms with Crippen LogP contribution in [0, 0.1) is 11.6 Å². The Morgan fingerprint density at radius 3 is 2.45 bits per heavy atom. The normalized spacial score (nSPS) is 19.0. The predicted octanol–water partition coefficient (Wildman–Crippen LogP) is 4.45. The van der Waals surface area contributed by atoms with Gasteiger partial charge in [-0.2, -0.15) is 0 Å². The summed E-state index contributed by atoms with van der Waals surface area (Å²) in [6.45, 7) is 0.983. The van der Waals surface area contributed by atoms with Crippen LogP contribution >= 0.6 is 0 Å². The number of hydrogen-bond donors (Lipinski definition) is 1. The van der Waals surface area contributed by atoms with Crippen LogP contribution < -0.4 is 5.32 Å². The van der Waals surface area contributed by atoms with E-state index >= 15 is 0 Å². The highest BCUT2D eigenvalue weighted by molar-refractivity contribution is 5.65. The first-order chi connectivity index (χ1) is 9.75. The zero-order chi connectivity index (χ0) is 13.9. The fraction of sp³-hybridized carbons (Fsp3) is 0.294. The molecule has 1 N–H and O–H groups in total. The first-order valence-corrected chi connectivity index (χ1v) is 7.03. The molecule has 0 aliphatic carbocycles. The molecule has 0 saturated carbocycles. The van der Waals surface area contributed by atoms with Crippen molar-refractivity contribution in [2.45, 2.75) is 25.3 Å². The Labute approximate surface area is 117 Å². The van der Waals surface area contributed by atoms with Crippen LogP contribution in [0.2, 0.25) is 0 Å². The van der Waals surface area contributed by atoms with Crippen molar-refractivity contribution in [2.24, 2.45) is 0 Å². The second-order valence-electron chi connectivity index (χ2n) is 5.22. The average molecular weight is 273 g/mol. The first-order valence-electron chi connectivity index (χ1n) is 7.03. The Bertz CT molecular complexity index is 604. The largest absolute Gasteiger partial charge is 0.310 e. The van der Waals surface area contributed by atoms with Crippen LogP contribution in [-0.2, 0) is 0 Å². The number of nitrogens with one attached hydrogen (secondary N) is 1.